The van der Waals surface area contributed by atoms with Crippen molar-refractivity contribution in [1.82, 2.24) is 4.90 Å². The highest BCUT2D eigenvalue weighted by atomic mass is 16.4. The van der Waals surface area contributed by atoms with Crippen LogP contribution < -0.4 is 5.73 Å². The van der Waals surface area contributed by atoms with E-state index in [0.717, 1.165) is 13.1 Å². The van der Waals surface area contributed by atoms with Gasteiger partial charge in [-0.05, 0) is 44.7 Å². The number of carboxylic acid groups (broad SMARTS) is 1. The Kier molecular flexibility index (Phi) is 8.99. The molecule has 1 aromatic carbocycles. The van der Waals surface area contributed by atoms with Crippen LogP contribution in [0.25, 0.3) is 0 Å². The van der Waals surface area contributed by atoms with Gasteiger partial charge in [-0.15, -0.1) is 0 Å². The molecule has 0 radical (unpaired) electrons. The molecular weight excluding hydrogens is 307 g/mol. The number of aliphatic carboxylic acids is 1. The van der Waals surface area contributed by atoms with E-state index < -0.39 is 18.6 Å². The molecular formula is C17H29BN2O4. The maximum atomic E-state index is 11.5. The normalized spacial score (nSPS) is 13.7. The number of carboxylic acids is 1. The maximum Gasteiger partial charge on any atom is 0.451 e. The van der Waals surface area contributed by atoms with Crippen LogP contribution in [0.2, 0.25) is 6.32 Å². The molecule has 0 saturated heterocycles. The van der Waals surface area contributed by atoms with E-state index >= 15 is 0 Å². The molecule has 0 heterocycles. The summed E-state index contributed by atoms with van der Waals surface area (Å²) in [7, 11) is 0.669. The largest absolute Gasteiger partial charge is 0.480 e. The van der Waals surface area contributed by atoms with Crippen LogP contribution >= 0.6 is 0 Å². The van der Waals surface area contributed by atoms with Crippen molar-refractivity contribution in [2.75, 3.05) is 13.6 Å². The molecule has 24 heavy (non-hydrogen) atoms. The molecule has 0 aliphatic rings. The maximum absolute atomic E-state index is 11.5. The highest BCUT2D eigenvalue weighted by molar-refractivity contribution is 6.40. The second-order valence-electron chi connectivity index (χ2n) is 6.51. The molecule has 0 aromatic heterocycles. The van der Waals surface area contributed by atoms with E-state index in [9.17, 15) is 9.90 Å². The van der Waals surface area contributed by atoms with Crippen LogP contribution in [0.4, 0.5) is 0 Å². The first-order valence-electron chi connectivity index (χ1n) is 8.44. The lowest BCUT2D eigenvalue weighted by atomic mass is 9.81. The Bertz CT molecular complexity index is 487. The Hall–Kier alpha value is -1.41. The van der Waals surface area contributed by atoms with Crippen LogP contribution in [0.5, 0.6) is 0 Å². The van der Waals surface area contributed by atoms with E-state index in [4.69, 9.17) is 15.8 Å². The van der Waals surface area contributed by atoms with E-state index in [1.807, 2.05) is 25.2 Å². The molecule has 6 nitrogen and oxygen atoms in total. The molecule has 5 N–H and O–H groups in total. The number of hydrogen-bond acceptors (Lipinski definition) is 5. The SMILES string of the molecule is CN(CCCC(N)(CCCCB(O)O)C(=O)O)Cc1ccccc1. The second-order valence-corrected chi connectivity index (χ2v) is 6.51. The Morgan fingerprint density at radius 1 is 1.17 bits per heavy atom. The summed E-state index contributed by atoms with van der Waals surface area (Å²) < 4.78 is 0. The van der Waals surface area contributed by atoms with Crippen molar-refractivity contribution >= 4 is 13.1 Å². The molecule has 0 bridgehead atoms. The zero-order valence-corrected chi connectivity index (χ0v) is 14.4. The topological polar surface area (TPSA) is 107 Å². The first-order chi connectivity index (χ1) is 11.3. The average Bonchev–Trinajstić information content (AvgIpc) is 2.52. The van der Waals surface area contributed by atoms with Crippen molar-refractivity contribution in [2.24, 2.45) is 5.73 Å². The lowest BCUT2D eigenvalue weighted by molar-refractivity contribution is -0.144. The molecule has 7 heteroatoms. The summed E-state index contributed by atoms with van der Waals surface area (Å²) in [6, 6.07) is 10.1. The van der Waals surface area contributed by atoms with E-state index in [1.165, 1.54) is 5.56 Å². The van der Waals surface area contributed by atoms with Crippen LogP contribution in [0.3, 0.4) is 0 Å². The van der Waals surface area contributed by atoms with Crippen molar-refractivity contribution in [3.8, 4) is 0 Å². The van der Waals surface area contributed by atoms with Crippen LogP contribution in [0.1, 0.15) is 37.7 Å². The van der Waals surface area contributed by atoms with Crippen molar-refractivity contribution in [2.45, 2.75) is 50.5 Å². The van der Waals surface area contributed by atoms with Gasteiger partial charge in [0.2, 0.25) is 0 Å². The summed E-state index contributed by atoms with van der Waals surface area (Å²) in [5.41, 5.74) is 6.03. The lowest BCUT2D eigenvalue weighted by Gasteiger charge is -2.26. The highest BCUT2D eigenvalue weighted by Crippen LogP contribution is 2.20. The molecule has 0 aliphatic carbocycles. The van der Waals surface area contributed by atoms with Crippen molar-refractivity contribution in [3.05, 3.63) is 35.9 Å². The molecule has 0 amide bonds. The Morgan fingerprint density at radius 3 is 2.38 bits per heavy atom. The minimum Gasteiger partial charge on any atom is -0.480 e. The molecule has 1 atom stereocenters. The molecule has 134 valence electrons. The standard InChI is InChI=1S/C17H29BN2O4/c1-20(14-15-8-3-2-4-9-15)13-7-11-17(19,16(21)22)10-5-6-12-18(23)24/h2-4,8-9,23-24H,5-7,10-14,19H2,1H3,(H,21,22). The second kappa shape index (κ2) is 10.5. The Balaban J connectivity index is 2.35. The smallest absolute Gasteiger partial charge is 0.451 e. The van der Waals surface area contributed by atoms with Gasteiger partial charge in [0, 0.05) is 6.54 Å². The monoisotopic (exact) mass is 336 g/mol. The minimum absolute atomic E-state index is 0.246. The van der Waals surface area contributed by atoms with Gasteiger partial charge in [-0.2, -0.15) is 0 Å². The van der Waals surface area contributed by atoms with Crippen molar-refractivity contribution < 1.29 is 19.9 Å². The average molecular weight is 336 g/mol. The van der Waals surface area contributed by atoms with E-state index in [1.54, 1.807) is 0 Å². The van der Waals surface area contributed by atoms with E-state index in [0.29, 0.717) is 32.1 Å². The summed E-state index contributed by atoms with van der Waals surface area (Å²) in [6.07, 6.45) is 2.82. The van der Waals surface area contributed by atoms with E-state index in [-0.39, 0.29) is 6.32 Å². The number of benzene rings is 1. The molecule has 0 aliphatic heterocycles. The van der Waals surface area contributed by atoms with Crippen LogP contribution in [0.15, 0.2) is 30.3 Å². The fourth-order valence-electron chi connectivity index (χ4n) is 2.74. The lowest BCUT2D eigenvalue weighted by Crippen LogP contribution is -2.48. The first-order valence-corrected chi connectivity index (χ1v) is 8.44. The third-order valence-corrected chi connectivity index (χ3v) is 4.22. The predicted octanol–water partition coefficient (Wildman–Crippen LogP) is 1.32. The molecule has 0 fully saturated rings. The van der Waals surface area contributed by atoms with E-state index in [2.05, 4.69) is 17.0 Å². The number of rotatable bonds is 12. The number of carbonyl (C=O) groups is 1. The summed E-state index contributed by atoms with van der Waals surface area (Å²) in [5.74, 6) is -0.988. The van der Waals surface area contributed by atoms with Gasteiger partial charge in [-0.1, -0.05) is 43.2 Å². The van der Waals surface area contributed by atoms with Gasteiger partial charge in [0.05, 0.1) is 0 Å². The summed E-state index contributed by atoms with van der Waals surface area (Å²) in [4.78, 5) is 13.6. The van der Waals surface area contributed by atoms with Gasteiger partial charge >= 0.3 is 13.1 Å². The molecule has 1 unspecified atom stereocenters. The number of unbranched alkanes of at least 4 members (excludes halogenated alkanes) is 1. The fraction of sp³-hybridized carbons (Fsp3) is 0.588. The van der Waals surface area contributed by atoms with Crippen molar-refractivity contribution in [3.63, 3.8) is 0 Å². The minimum atomic E-state index is -1.34. The van der Waals surface area contributed by atoms with Crippen LogP contribution in [-0.4, -0.2) is 52.3 Å². The quantitative estimate of drug-likeness (QED) is 0.339. The number of hydrogen-bond donors (Lipinski definition) is 4. The van der Waals surface area contributed by atoms with Gasteiger partial charge in [0.15, 0.2) is 0 Å². The van der Waals surface area contributed by atoms with Crippen molar-refractivity contribution in [1.29, 1.82) is 0 Å². The molecule has 1 aromatic rings. The molecule has 1 rings (SSSR count). The summed E-state index contributed by atoms with van der Waals surface area (Å²) >= 11 is 0. The van der Waals surface area contributed by atoms with Crippen LogP contribution in [-0.2, 0) is 11.3 Å². The summed E-state index contributed by atoms with van der Waals surface area (Å²) in [5, 5.41) is 27.0. The third-order valence-electron chi connectivity index (χ3n) is 4.22. The summed E-state index contributed by atoms with van der Waals surface area (Å²) in [6.45, 7) is 1.59. The zero-order chi connectivity index (χ0) is 18.0. The van der Waals surface area contributed by atoms with Gasteiger partial charge in [-0.25, -0.2) is 0 Å². The third kappa shape index (κ3) is 7.92. The highest BCUT2D eigenvalue weighted by Gasteiger charge is 2.32. The first kappa shape index (κ1) is 20.6. The predicted molar refractivity (Wildman–Crippen MR) is 95.4 cm³/mol. The molecule has 0 saturated carbocycles. The van der Waals surface area contributed by atoms with Gasteiger partial charge in [-0.3, -0.25) is 4.79 Å². The Morgan fingerprint density at radius 2 is 1.79 bits per heavy atom. The number of nitrogens with zero attached hydrogens (tertiary/aromatic N) is 1. The van der Waals surface area contributed by atoms with Gasteiger partial charge in [0.1, 0.15) is 5.54 Å². The van der Waals surface area contributed by atoms with Gasteiger partial charge in [0.25, 0.3) is 0 Å². The molecule has 0 spiro atoms. The fourth-order valence-corrected chi connectivity index (χ4v) is 2.74. The zero-order valence-electron chi connectivity index (χ0n) is 14.4. The van der Waals surface area contributed by atoms with Crippen LogP contribution in [0, 0.1) is 0 Å². The Labute approximate surface area is 144 Å². The number of nitrogens with two attached hydrogens (primary N) is 1. The van der Waals surface area contributed by atoms with Gasteiger partial charge < -0.3 is 25.8 Å².